The molecule has 1 aliphatic carbocycles. The molecule has 0 bridgehead atoms. The Morgan fingerprint density at radius 2 is 2.08 bits per heavy atom. The smallest absolute Gasteiger partial charge is 0.243 e. The Kier molecular flexibility index (Phi) is 4.56. The van der Waals surface area contributed by atoms with Crippen LogP contribution in [-0.4, -0.2) is 39.0 Å². The molecule has 25 heavy (non-hydrogen) atoms. The number of nitrogens with zero attached hydrogens (tertiary/aromatic N) is 4. The molecule has 4 rings (SSSR count). The molecular weight excluding hydrogens is 338 g/mol. The van der Waals surface area contributed by atoms with Gasteiger partial charge in [0.1, 0.15) is 0 Å². The summed E-state index contributed by atoms with van der Waals surface area (Å²) in [6.45, 7) is 5.75. The molecule has 2 aromatic heterocycles. The molecule has 1 saturated carbocycles. The van der Waals surface area contributed by atoms with Gasteiger partial charge in [-0.15, -0.1) is 11.3 Å². The number of hydrogen-bond acceptors (Lipinski definition) is 7. The lowest BCUT2D eigenvalue weighted by Gasteiger charge is -2.33. The average molecular weight is 361 g/mol. The number of nitrogens with one attached hydrogen (secondary N) is 1. The van der Waals surface area contributed by atoms with Crippen LogP contribution in [0.4, 0.5) is 5.13 Å². The molecule has 2 fully saturated rings. The SMILES string of the molecule is Cc1csc(NC(=O)C2CCN(C(C)c3nc(C4CC4)no3)CC2)n1. The number of aryl methyl sites for hydroxylation is 1. The molecule has 2 aliphatic rings. The lowest BCUT2D eigenvalue weighted by Crippen LogP contribution is -2.39. The van der Waals surface area contributed by atoms with Crippen LogP contribution < -0.4 is 5.32 Å². The number of amides is 1. The first kappa shape index (κ1) is 16.7. The third kappa shape index (κ3) is 3.74. The summed E-state index contributed by atoms with van der Waals surface area (Å²) in [6, 6.07) is 0.102. The Morgan fingerprint density at radius 1 is 1.32 bits per heavy atom. The predicted octanol–water partition coefficient (Wildman–Crippen LogP) is 3.12. The first-order chi connectivity index (χ1) is 12.1. The minimum Gasteiger partial charge on any atom is -0.338 e. The molecule has 1 N–H and O–H groups in total. The molecule has 0 spiro atoms. The van der Waals surface area contributed by atoms with E-state index in [1.54, 1.807) is 0 Å². The van der Waals surface area contributed by atoms with Crippen LogP contribution in [-0.2, 0) is 4.79 Å². The van der Waals surface area contributed by atoms with Crippen LogP contribution in [0.15, 0.2) is 9.90 Å². The number of rotatable bonds is 5. The zero-order chi connectivity index (χ0) is 17.4. The van der Waals surface area contributed by atoms with Gasteiger partial charge in [-0.25, -0.2) is 4.98 Å². The number of hydrogen-bond donors (Lipinski definition) is 1. The molecular formula is C17H23N5O2S. The number of carbonyl (C=O) groups is 1. The van der Waals surface area contributed by atoms with Gasteiger partial charge in [0.25, 0.3) is 0 Å². The first-order valence-corrected chi connectivity index (χ1v) is 9.78. The number of thiazole rings is 1. The van der Waals surface area contributed by atoms with Crippen LogP contribution in [0.1, 0.15) is 62.0 Å². The van der Waals surface area contributed by atoms with Gasteiger partial charge in [-0.2, -0.15) is 4.98 Å². The van der Waals surface area contributed by atoms with Gasteiger partial charge in [0, 0.05) is 17.2 Å². The minimum absolute atomic E-state index is 0.0392. The fraction of sp³-hybridized carbons (Fsp3) is 0.647. The summed E-state index contributed by atoms with van der Waals surface area (Å²) in [5, 5.41) is 9.68. The maximum absolute atomic E-state index is 12.4. The molecule has 1 saturated heterocycles. The van der Waals surface area contributed by atoms with Crippen molar-refractivity contribution < 1.29 is 9.32 Å². The summed E-state index contributed by atoms with van der Waals surface area (Å²) in [7, 11) is 0. The van der Waals surface area contributed by atoms with Crippen molar-refractivity contribution in [2.45, 2.75) is 51.5 Å². The summed E-state index contributed by atoms with van der Waals surface area (Å²) in [5.74, 6) is 2.18. The lowest BCUT2D eigenvalue weighted by atomic mass is 9.95. The second-order valence-corrected chi connectivity index (χ2v) is 7.89. The molecule has 1 atom stereocenters. The number of aromatic nitrogens is 3. The van der Waals surface area contributed by atoms with E-state index in [1.807, 2.05) is 12.3 Å². The Hall–Kier alpha value is -1.80. The molecule has 7 nitrogen and oxygen atoms in total. The summed E-state index contributed by atoms with van der Waals surface area (Å²) in [4.78, 5) is 23.6. The number of piperidine rings is 1. The Bertz CT molecular complexity index is 746. The second-order valence-electron chi connectivity index (χ2n) is 7.03. The fourth-order valence-electron chi connectivity index (χ4n) is 3.25. The van der Waals surface area contributed by atoms with Crippen LogP contribution in [0.2, 0.25) is 0 Å². The van der Waals surface area contributed by atoms with E-state index in [2.05, 4.69) is 32.3 Å². The van der Waals surface area contributed by atoms with Crippen LogP contribution in [0.3, 0.4) is 0 Å². The van der Waals surface area contributed by atoms with E-state index in [0.29, 0.717) is 16.9 Å². The molecule has 1 unspecified atom stereocenters. The van der Waals surface area contributed by atoms with Gasteiger partial charge in [-0.05, 0) is 52.6 Å². The van der Waals surface area contributed by atoms with Gasteiger partial charge in [0.2, 0.25) is 11.8 Å². The van der Waals surface area contributed by atoms with Crippen molar-refractivity contribution in [3.8, 4) is 0 Å². The highest BCUT2D eigenvalue weighted by Gasteiger charge is 2.33. The van der Waals surface area contributed by atoms with E-state index >= 15 is 0 Å². The van der Waals surface area contributed by atoms with Crippen molar-refractivity contribution >= 4 is 22.4 Å². The molecule has 0 radical (unpaired) electrons. The van der Waals surface area contributed by atoms with Crippen molar-refractivity contribution in [2.24, 2.45) is 5.92 Å². The zero-order valence-corrected chi connectivity index (χ0v) is 15.4. The number of likely N-dealkylation sites (tertiary alicyclic amines) is 1. The van der Waals surface area contributed by atoms with Crippen molar-refractivity contribution in [3.05, 3.63) is 22.8 Å². The van der Waals surface area contributed by atoms with Crippen LogP contribution in [0.5, 0.6) is 0 Å². The van der Waals surface area contributed by atoms with E-state index in [-0.39, 0.29) is 17.9 Å². The van der Waals surface area contributed by atoms with E-state index in [0.717, 1.165) is 37.4 Å². The van der Waals surface area contributed by atoms with Crippen LogP contribution in [0, 0.1) is 12.8 Å². The highest BCUT2D eigenvalue weighted by Crippen LogP contribution is 2.39. The average Bonchev–Trinajstić information content (AvgIpc) is 3.21. The molecule has 1 aliphatic heterocycles. The number of anilines is 1. The highest BCUT2D eigenvalue weighted by atomic mass is 32.1. The van der Waals surface area contributed by atoms with Gasteiger partial charge in [-0.3, -0.25) is 9.69 Å². The summed E-state index contributed by atoms with van der Waals surface area (Å²) in [5.41, 5.74) is 0.939. The van der Waals surface area contributed by atoms with E-state index in [1.165, 1.54) is 24.2 Å². The second kappa shape index (κ2) is 6.84. The standard InChI is InChI=1S/C17H23N5O2S/c1-10-9-25-17(18-10)20-15(23)13-5-7-22(8-6-13)11(2)16-19-14(21-24-16)12-3-4-12/h9,11-13H,3-8H2,1-2H3,(H,18,20,23). The lowest BCUT2D eigenvalue weighted by molar-refractivity contribution is -0.121. The Labute approximate surface area is 150 Å². The topological polar surface area (TPSA) is 84.2 Å². The molecule has 2 aromatic rings. The van der Waals surface area contributed by atoms with E-state index in [4.69, 9.17) is 4.52 Å². The number of carbonyl (C=O) groups excluding carboxylic acids is 1. The first-order valence-electron chi connectivity index (χ1n) is 8.90. The summed E-state index contributed by atoms with van der Waals surface area (Å²) >= 11 is 1.47. The normalized spacial score (nSPS) is 20.6. The predicted molar refractivity (Wildman–Crippen MR) is 94.5 cm³/mol. The van der Waals surface area contributed by atoms with E-state index in [9.17, 15) is 4.79 Å². The molecule has 3 heterocycles. The van der Waals surface area contributed by atoms with Crippen molar-refractivity contribution in [1.82, 2.24) is 20.0 Å². The van der Waals surface area contributed by atoms with Crippen molar-refractivity contribution in [1.29, 1.82) is 0 Å². The maximum Gasteiger partial charge on any atom is 0.243 e. The summed E-state index contributed by atoms with van der Waals surface area (Å²) < 4.78 is 5.45. The van der Waals surface area contributed by atoms with Gasteiger partial charge in [0.05, 0.1) is 11.7 Å². The van der Waals surface area contributed by atoms with Gasteiger partial charge in [-0.1, -0.05) is 5.16 Å². The van der Waals surface area contributed by atoms with Crippen molar-refractivity contribution in [3.63, 3.8) is 0 Å². The van der Waals surface area contributed by atoms with Crippen LogP contribution >= 0.6 is 11.3 Å². The minimum atomic E-state index is 0.0392. The van der Waals surface area contributed by atoms with Gasteiger partial charge < -0.3 is 9.84 Å². The zero-order valence-electron chi connectivity index (χ0n) is 14.6. The van der Waals surface area contributed by atoms with Gasteiger partial charge >= 0.3 is 0 Å². The largest absolute Gasteiger partial charge is 0.338 e. The maximum atomic E-state index is 12.4. The van der Waals surface area contributed by atoms with Crippen LogP contribution in [0.25, 0.3) is 0 Å². The van der Waals surface area contributed by atoms with Crippen molar-refractivity contribution in [2.75, 3.05) is 18.4 Å². The monoisotopic (exact) mass is 361 g/mol. The van der Waals surface area contributed by atoms with E-state index < -0.39 is 0 Å². The van der Waals surface area contributed by atoms with Gasteiger partial charge in [0.15, 0.2) is 11.0 Å². The Balaban J connectivity index is 1.30. The molecule has 1 amide bonds. The molecule has 0 aromatic carbocycles. The molecule has 134 valence electrons. The fourth-order valence-corrected chi connectivity index (χ4v) is 3.94. The third-order valence-corrected chi connectivity index (χ3v) is 5.93. The quantitative estimate of drug-likeness (QED) is 0.881. The summed E-state index contributed by atoms with van der Waals surface area (Å²) in [6.07, 6.45) is 4.02. The Morgan fingerprint density at radius 3 is 2.72 bits per heavy atom. The third-order valence-electron chi connectivity index (χ3n) is 5.05. The highest BCUT2D eigenvalue weighted by molar-refractivity contribution is 7.13. The molecule has 8 heteroatoms.